The van der Waals surface area contributed by atoms with E-state index in [9.17, 15) is 4.79 Å². The smallest absolute Gasteiger partial charge is 0.321 e. The first kappa shape index (κ1) is 12.5. The molecule has 6 heteroatoms. The van der Waals surface area contributed by atoms with E-state index in [1.807, 2.05) is 13.0 Å². The van der Waals surface area contributed by atoms with Crippen LogP contribution in [0.5, 0.6) is 11.8 Å². The quantitative estimate of drug-likeness (QED) is 0.882. The van der Waals surface area contributed by atoms with Crippen LogP contribution in [-0.4, -0.2) is 16.4 Å². The van der Waals surface area contributed by atoms with Crippen molar-refractivity contribution < 1.29 is 9.53 Å². The van der Waals surface area contributed by atoms with Gasteiger partial charge in [-0.25, -0.2) is 9.97 Å². The van der Waals surface area contributed by atoms with Crippen molar-refractivity contribution in [1.82, 2.24) is 9.97 Å². The summed E-state index contributed by atoms with van der Waals surface area (Å²) in [6.07, 6.45) is 3.85. The fraction of sp³-hybridized carbons (Fsp3) is 0.0833. The number of amides is 1. The summed E-state index contributed by atoms with van der Waals surface area (Å²) < 4.78 is 6.33. The number of rotatable bonds is 4. The van der Waals surface area contributed by atoms with Crippen LogP contribution in [0, 0.1) is 6.92 Å². The van der Waals surface area contributed by atoms with Gasteiger partial charge in [0.1, 0.15) is 5.75 Å². The van der Waals surface area contributed by atoms with Crippen LogP contribution >= 0.6 is 15.9 Å². The SMILES string of the molecule is Cc1cc(NC=O)ccc1Oc1ncc(Br)cn1. The molecular formula is C12H10BrN3O2. The molecule has 1 heterocycles. The van der Waals surface area contributed by atoms with E-state index in [0.717, 1.165) is 10.0 Å². The topological polar surface area (TPSA) is 64.1 Å². The molecule has 92 valence electrons. The maximum absolute atomic E-state index is 10.3. The second-order valence-electron chi connectivity index (χ2n) is 3.53. The molecule has 0 spiro atoms. The lowest BCUT2D eigenvalue weighted by Crippen LogP contribution is -1.96. The highest BCUT2D eigenvalue weighted by Crippen LogP contribution is 2.25. The summed E-state index contributed by atoms with van der Waals surface area (Å²) in [5.74, 6) is 0.647. The molecule has 0 aliphatic heterocycles. The van der Waals surface area contributed by atoms with Crippen LogP contribution < -0.4 is 10.1 Å². The molecule has 0 radical (unpaired) electrons. The molecule has 5 nitrogen and oxygen atoms in total. The van der Waals surface area contributed by atoms with Gasteiger partial charge in [0.05, 0.1) is 4.47 Å². The van der Waals surface area contributed by atoms with Crippen molar-refractivity contribution in [1.29, 1.82) is 0 Å². The Morgan fingerprint density at radius 3 is 2.67 bits per heavy atom. The van der Waals surface area contributed by atoms with Crippen molar-refractivity contribution in [3.8, 4) is 11.8 Å². The average molecular weight is 308 g/mol. The van der Waals surface area contributed by atoms with Crippen LogP contribution in [-0.2, 0) is 4.79 Å². The summed E-state index contributed by atoms with van der Waals surface area (Å²) in [7, 11) is 0. The number of benzene rings is 1. The predicted molar refractivity (Wildman–Crippen MR) is 70.7 cm³/mol. The Bertz CT molecular complexity index is 558. The number of anilines is 1. The zero-order chi connectivity index (χ0) is 13.0. The number of nitrogens with zero attached hydrogens (tertiary/aromatic N) is 2. The largest absolute Gasteiger partial charge is 0.424 e. The van der Waals surface area contributed by atoms with Crippen LogP contribution in [0.2, 0.25) is 0 Å². The van der Waals surface area contributed by atoms with Crippen molar-refractivity contribution >= 4 is 28.0 Å². The van der Waals surface area contributed by atoms with Crippen molar-refractivity contribution in [2.45, 2.75) is 6.92 Å². The van der Waals surface area contributed by atoms with Gasteiger partial charge >= 0.3 is 6.01 Å². The molecule has 1 amide bonds. The number of hydrogen-bond donors (Lipinski definition) is 1. The Kier molecular flexibility index (Phi) is 3.88. The Morgan fingerprint density at radius 1 is 1.33 bits per heavy atom. The van der Waals surface area contributed by atoms with E-state index < -0.39 is 0 Å². The minimum atomic E-state index is 0.275. The van der Waals surface area contributed by atoms with Gasteiger partial charge < -0.3 is 10.1 Å². The number of hydrogen-bond acceptors (Lipinski definition) is 4. The summed E-state index contributed by atoms with van der Waals surface area (Å²) in [4.78, 5) is 18.4. The molecule has 2 aromatic rings. The van der Waals surface area contributed by atoms with Crippen LogP contribution in [0.15, 0.2) is 35.1 Å². The minimum Gasteiger partial charge on any atom is -0.424 e. The van der Waals surface area contributed by atoms with E-state index >= 15 is 0 Å². The maximum Gasteiger partial charge on any atom is 0.321 e. The average Bonchev–Trinajstić information content (AvgIpc) is 2.36. The monoisotopic (exact) mass is 307 g/mol. The fourth-order valence-corrected chi connectivity index (χ4v) is 1.58. The first-order valence-electron chi connectivity index (χ1n) is 5.15. The van der Waals surface area contributed by atoms with Crippen molar-refractivity contribution in [2.24, 2.45) is 0 Å². The third-order valence-electron chi connectivity index (χ3n) is 2.20. The van der Waals surface area contributed by atoms with Gasteiger partial charge in [-0.2, -0.15) is 0 Å². The molecule has 0 aliphatic rings. The normalized spacial score (nSPS) is 9.89. The van der Waals surface area contributed by atoms with Crippen molar-refractivity contribution in [3.63, 3.8) is 0 Å². The highest BCUT2D eigenvalue weighted by molar-refractivity contribution is 9.10. The van der Waals surface area contributed by atoms with Gasteiger partial charge in [-0.15, -0.1) is 0 Å². The zero-order valence-electron chi connectivity index (χ0n) is 9.55. The lowest BCUT2D eigenvalue weighted by atomic mass is 10.2. The first-order valence-corrected chi connectivity index (χ1v) is 5.94. The zero-order valence-corrected chi connectivity index (χ0v) is 11.1. The molecule has 1 aromatic carbocycles. The van der Waals surface area contributed by atoms with Crippen molar-refractivity contribution in [3.05, 3.63) is 40.6 Å². The van der Waals surface area contributed by atoms with E-state index in [1.165, 1.54) is 0 Å². The van der Waals surface area contributed by atoms with E-state index in [1.54, 1.807) is 24.5 Å². The molecule has 0 atom stereocenters. The molecule has 1 N–H and O–H groups in total. The Hall–Kier alpha value is -1.95. The van der Waals surface area contributed by atoms with Gasteiger partial charge in [0.2, 0.25) is 6.41 Å². The van der Waals surface area contributed by atoms with Gasteiger partial charge in [-0.3, -0.25) is 4.79 Å². The molecule has 1 aromatic heterocycles. The predicted octanol–water partition coefficient (Wildman–Crippen LogP) is 2.91. The summed E-state index contributed by atoms with van der Waals surface area (Å²) in [6.45, 7) is 1.88. The van der Waals surface area contributed by atoms with Crippen LogP contribution in [0.4, 0.5) is 5.69 Å². The molecule has 0 bridgehead atoms. The fourth-order valence-electron chi connectivity index (χ4n) is 1.37. The van der Waals surface area contributed by atoms with E-state index in [2.05, 4.69) is 31.2 Å². The number of halogens is 1. The van der Waals surface area contributed by atoms with Crippen LogP contribution in [0.25, 0.3) is 0 Å². The van der Waals surface area contributed by atoms with Gasteiger partial charge in [0.15, 0.2) is 0 Å². The van der Waals surface area contributed by atoms with E-state index in [0.29, 0.717) is 17.8 Å². The molecule has 2 rings (SSSR count). The standard InChI is InChI=1S/C12H10BrN3O2/c1-8-4-10(16-7-17)2-3-11(8)18-12-14-5-9(13)6-15-12/h2-7H,1H3,(H,16,17). The summed E-state index contributed by atoms with van der Waals surface area (Å²) in [5.41, 5.74) is 1.60. The Morgan fingerprint density at radius 2 is 2.06 bits per heavy atom. The second-order valence-corrected chi connectivity index (χ2v) is 4.44. The summed E-state index contributed by atoms with van der Waals surface area (Å²) in [5, 5.41) is 2.57. The first-order chi connectivity index (χ1) is 8.69. The van der Waals surface area contributed by atoms with Gasteiger partial charge in [-0.05, 0) is 46.6 Å². The highest BCUT2D eigenvalue weighted by Gasteiger charge is 2.04. The third kappa shape index (κ3) is 3.04. The third-order valence-corrected chi connectivity index (χ3v) is 2.61. The number of ether oxygens (including phenoxy) is 1. The summed E-state index contributed by atoms with van der Waals surface area (Å²) in [6, 6.07) is 5.59. The van der Waals surface area contributed by atoms with E-state index in [4.69, 9.17) is 4.74 Å². The molecule has 0 aliphatic carbocycles. The molecule has 18 heavy (non-hydrogen) atoms. The Labute approximate surface area is 112 Å². The molecule has 0 saturated carbocycles. The molecule has 0 fully saturated rings. The number of nitrogens with one attached hydrogen (secondary N) is 1. The lowest BCUT2D eigenvalue weighted by molar-refractivity contribution is -0.105. The molecular weight excluding hydrogens is 298 g/mol. The lowest BCUT2D eigenvalue weighted by Gasteiger charge is -2.08. The molecule has 0 saturated heterocycles. The van der Waals surface area contributed by atoms with Gasteiger partial charge in [0.25, 0.3) is 0 Å². The highest BCUT2D eigenvalue weighted by atomic mass is 79.9. The van der Waals surface area contributed by atoms with Crippen LogP contribution in [0.3, 0.4) is 0 Å². The molecule has 0 unspecified atom stereocenters. The summed E-state index contributed by atoms with van der Waals surface area (Å²) >= 11 is 3.25. The van der Waals surface area contributed by atoms with Gasteiger partial charge in [-0.1, -0.05) is 0 Å². The number of aryl methyl sites for hydroxylation is 1. The Balaban J connectivity index is 2.18. The van der Waals surface area contributed by atoms with Crippen molar-refractivity contribution in [2.75, 3.05) is 5.32 Å². The van der Waals surface area contributed by atoms with Gasteiger partial charge in [0, 0.05) is 18.1 Å². The maximum atomic E-state index is 10.3. The van der Waals surface area contributed by atoms with Crippen LogP contribution in [0.1, 0.15) is 5.56 Å². The second kappa shape index (κ2) is 5.59. The van der Waals surface area contributed by atoms with E-state index in [-0.39, 0.29) is 6.01 Å². The number of carbonyl (C=O) groups excluding carboxylic acids is 1. The number of aromatic nitrogens is 2. The minimum absolute atomic E-state index is 0.275. The number of carbonyl (C=O) groups is 1.